The predicted octanol–water partition coefficient (Wildman–Crippen LogP) is 2.85. The molecule has 0 saturated heterocycles. The number of nitrogens with zero attached hydrogens (tertiary/aromatic N) is 3. The van der Waals surface area contributed by atoms with Crippen LogP contribution < -0.4 is 5.32 Å². The highest BCUT2D eigenvalue weighted by molar-refractivity contribution is 5.68. The Morgan fingerprint density at radius 2 is 2.05 bits per heavy atom. The third-order valence-corrected chi connectivity index (χ3v) is 3.48. The highest BCUT2D eigenvalue weighted by Crippen LogP contribution is 2.25. The van der Waals surface area contributed by atoms with Crippen LogP contribution in [0.2, 0.25) is 0 Å². The minimum atomic E-state index is -0.00238. The first-order valence-electron chi connectivity index (χ1n) is 7.53. The van der Waals surface area contributed by atoms with Crippen LogP contribution in [0.3, 0.4) is 0 Å². The van der Waals surface area contributed by atoms with Gasteiger partial charge in [-0.2, -0.15) is 5.10 Å². The largest absolute Gasteiger partial charge is 0.394 e. The predicted molar refractivity (Wildman–Crippen MR) is 85.6 cm³/mol. The van der Waals surface area contributed by atoms with E-state index < -0.39 is 0 Å². The molecule has 2 rings (SSSR count). The molecule has 0 aliphatic rings. The fourth-order valence-corrected chi connectivity index (χ4v) is 2.34. The molecule has 2 N–H and O–H groups in total. The van der Waals surface area contributed by atoms with Crippen LogP contribution in [0.15, 0.2) is 18.5 Å². The number of aromatic nitrogens is 3. The van der Waals surface area contributed by atoms with E-state index in [-0.39, 0.29) is 18.1 Å². The van der Waals surface area contributed by atoms with Crippen LogP contribution in [0.1, 0.15) is 46.7 Å². The van der Waals surface area contributed by atoms with Crippen LogP contribution in [-0.4, -0.2) is 32.4 Å². The van der Waals surface area contributed by atoms with Crippen molar-refractivity contribution in [3.8, 4) is 0 Å². The lowest BCUT2D eigenvalue weighted by Gasteiger charge is -2.19. The van der Waals surface area contributed by atoms with Gasteiger partial charge in [-0.3, -0.25) is 0 Å². The molecule has 0 radical (unpaired) electrons. The minimum Gasteiger partial charge on any atom is -0.394 e. The number of aliphatic hydroxyl groups excluding tert-OH is 1. The van der Waals surface area contributed by atoms with Crippen molar-refractivity contribution in [3.05, 3.63) is 24.2 Å². The highest BCUT2D eigenvalue weighted by atomic mass is 16.3. The standard InChI is InChI=1S/C16H26N4O/c1-11(2)8-12(10-21)18-15-13-9-14(16(3,4)5)19-20(13)7-6-17-15/h6-7,9,11-12,21H,8,10H2,1-5H3,(H,17,18). The molecule has 0 fully saturated rings. The van der Waals surface area contributed by atoms with Crippen molar-refractivity contribution in [2.45, 2.75) is 52.5 Å². The summed E-state index contributed by atoms with van der Waals surface area (Å²) in [6.07, 6.45) is 4.49. The fourth-order valence-electron chi connectivity index (χ4n) is 2.34. The maximum atomic E-state index is 9.53. The molecule has 116 valence electrons. The molecular weight excluding hydrogens is 264 g/mol. The SMILES string of the molecule is CC(C)CC(CO)Nc1nccn2nc(C(C)(C)C)cc12. The zero-order valence-corrected chi connectivity index (χ0v) is 13.6. The van der Waals surface area contributed by atoms with E-state index >= 15 is 0 Å². The molecule has 2 aromatic rings. The van der Waals surface area contributed by atoms with E-state index in [0.717, 1.165) is 23.4 Å². The molecular formula is C16H26N4O. The molecule has 2 heterocycles. The van der Waals surface area contributed by atoms with Gasteiger partial charge >= 0.3 is 0 Å². The molecule has 0 spiro atoms. The molecule has 5 heteroatoms. The molecule has 1 unspecified atom stereocenters. The van der Waals surface area contributed by atoms with Crippen LogP contribution >= 0.6 is 0 Å². The summed E-state index contributed by atoms with van der Waals surface area (Å²) >= 11 is 0. The van der Waals surface area contributed by atoms with Gasteiger partial charge in [-0.05, 0) is 18.4 Å². The lowest BCUT2D eigenvalue weighted by molar-refractivity contribution is 0.259. The van der Waals surface area contributed by atoms with Crippen LogP contribution in [-0.2, 0) is 5.41 Å². The van der Waals surface area contributed by atoms with E-state index in [1.165, 1.54) is 0 Å². The van der Waals surface area contributed by atoms with E-state index in [2.05, 4.69) is 56.1 Å². The van der Waals surface area contributed by atoms with Crippen molar-refractivity contribution in [2.24, 2.45) is 5.92 Å². The molecule has 2 aromatic heterocycles. The van der Waals surface area contributed by atoms with Crippen molar-refractivity contribution < 1.29 is 5.11 Å². The van der Waals surface area contributed by atoms with Crippen molar-refractivity contribution in [1.29, 1.82) is 0 Å². The van der Waals surface area contributed by atoms with Crippen LogP contribution in [0.25, 0.3) is 5.52 Å². The van der Waals surface area contributed by atoms with E-state index in [0.29, 0.717) is 5.92 Å². The maximum Gasteiger partial charge on any atom is 0.152 e. The van der Waals surface area contributed by atoms with Crippen LogP contribution in [0.4, 0.5) is 5.82 Å². The second kappa shape index (κ2) is 6.02. The third kappa shape index (κ3) is 3.73. The van der Waals surface area contributed by atoms with E-state index in [1.54, 1.807) is 6.20 Å². The Kier molecular flexibility index (Phi) is 4.52. The monoisotopic (exact) mass is 290 g/mol. The van der Waals surface area contributed by atoms with E-state index in [9.17, 15) is 5.11 Å². The number of fused-ring (bicyclic) bond motifs is 1. The Hall–Kier alpha value is -1.62. The van der Waals surface area contributed by atoms with Gasteiger partial charge in [0, 0.05) is 17.8 Å². The van der Waals surface area contributed by atoms with Crippen molar-refractivity contribution >= 4 is 11.3 Å². The number of hydrogen-bond donors (Lipinski definition) is 2. The highest BCUT2D eigenvalue weighted by Gasteiger charge is 2.20. The van der Waals surface area contributed by atoms with E-state index in [1.807, 2.05) is 10.7 Å². The summed E-state index contributed by atoms with van der Waals surface area (Å²) in [4.78, 5) is 4.41. The second-order valence-corrected chi connectivity index (χ2v) is 7.04. The zero-order chi connectivity index (χ0) is 15.6. The molecule has 0 amide bonds. The second-order valence-electron chi connectivity index (χ2n) is 7.04. The Labute approximate surface area is 126 Å². The quantitative estimate of drug-likeness (QED) is 0.889. The summed E-state index contributed by atoms with van der Waals surface area (Å²) in [5.41, 5.74) is 1.98. The summed E-state index contributed by atoms with van der Waals surface area (Å²) in [5, 5.41) is 17.5. The maximum absolute atomic E-state index is 9.53. The normalized spacial score (nSPS) is 13.9. The van der Waals surface area contributed by atoms with Gasteiger partial charge in [0.05, 0.1) is 18.3 Å². The zero-order valence-electron chi connectivity index (χ0n) is 13.6. The van der Waals surface area contributed by atoms with Crippen LogP contribution in [0, 0.1) is 5.92 Å². The first-order chi connectivity index (χ1) is 9.81. The van der Waals surface area contributed by atoms with E-state index in [4.69, 9.17) is 0 Å². The number of rotatable bonds is 5. The number of hydrogen-bond acceptors (Lipinski definition) is 4. The average molecular weight is 290 g/mol. The Bertz CT molecular complexity index is 598. The smallest absolute Gasteiger partial charge is 0.152 e. The van der Waals surface area contributed by atoms with Gasteiger partial charge in [-0.25, -0.2) is 9.50 Å². The number of aliphatic hydroxyl groups is 1. The van der Waals surface area contributed by atoms with Gasteiger partial charge in [0.2, 0.25) is 0 Å². The van der Waals surface area contributed by atoms with Crippen molar-refractivity contribution in [1.82, 2.24) is 14.6 Å². The molecule has 1 atom stereocenters. The first kappa shape index (κ1) is 15.8. The van der Waals surface area contributed by atoms with Crippen molar-refractivity contribution in [2.75, 3.05) is 11.9 Å². The average Bonchev–Trinajstić information content (AvgIpc) is 2.82. The molecule has 5 nitrogen and oxygen atoms in total. The van der Waals surface area contributed by atoms with Gasteiger partial charge in [-0.15, -0.1) is 0 Å². The third-order valence-electron chi connectivity index (χ3n) is 3.48. The summed E-state index contributed by atoms with van der Waals surface area (Å²) in [5.74, 6) is 1.30. The molecule has 0 bridgehead atoms. The lowest BCUT2D eigenvalue weighted by Crippen LogP contribution is -2.26. The molecule has 0 saturated carbocycles. The molecule has 0 aromatic carbocycles. The summed E-state index contributed by atoms with van der Waals surface area (Å²) < 4.78 is 1.85. The Morgan fingerprint density at radius 3 is 2.62 bits per heavy atom. The minimum absolute atomic E-state index is 0.00238. The summed E-state index contributed by atoms with van der Waals surface area (Å²) in [6, 6.07) is 2.08. The summed E-state index contributed by atoms with van der Waals surface area (Å²) in [7, 11) is 0. The van der Waals surface area contributed by atoms with Crippen LogP contribution in [0.5, 0.6) is 0 Å². The fraction of sp³-hybridized carbons (Fsp3) is 0.625. The van der Waals surface area contributed by atoms with Gasteiger partial charge in [0.15, 0.2) is 5.82 Å². The van der Waals surface area contributed by atoms with Crippen molar-refractivity contribution in [3.63, 3.8) is 0 Å². The Morgan fingerprint density at radius 1 is 1.33 bits per heavy atom. The molecule has 21 heavy (non-hydrogen) atoms. The summed E-state index contributed by atoms with van der Waals surface area (Å²) in [6.45, 7) is 10.8. The molecule has 0 aliphatic heterocycles. The molecule has 0 aliphatic carbocycles. The number of nitrogens with one attached hydrogen (secondary N) is 1. The topological polar surface area (TPSA) is 62.5 Å². The lowest BCUT2D eigenvalue weighted by atomic mass is 9.92. The van der Waals surface area contributed by atoms with Gasteiger partial charge in [0.1, 0.15) is 5.52 Å². The first-order valence-corrected chi connectivity index (χ1v) is 7.53. The number of anilines is 1. The van der Waals surface area contributed by atoms with Gasteiger partial charge in [-0.1, -0.05) is 34.6 Å². The van der Waals surface area contributed by atoms with Gasteiger partial charge in [0.25, 0.3) is 0 Å². The Balaban J connectivity index is 2.33. The van der Waals surface area contributed by atoms with Gasteiger partial charge < -0.3 is 10.4 Å².